The second-order valence-corrected chi connectivity index (χ2v) is 4.86. The van der Waals surface area contributed by atoms with Gasteiger partial charge < -0.3 is 4.90 Å². The van der Waals surface area contributed by atoms with Gasteiger partial charge in [0, 0.05) is 18.6 Å². The first-order chi connectivity index (χ1) is 9.06. The number of halogens is 2. The minimum absolute atomic E-state index is 0.218. The van der Waals surface area contributed by atoms with Gasteiger partial charge in [-0.1, -0.05) is 35.3 Å². The average molecular weight is 296 g/mol. The maximum absolute atomic E-state index is 12.1. The van der Waals surface area contributed by atoms with Crippen LogP contribution in [0.1, 0.15) is 16.1 Å². The second-order valence-electron chi connectivity index (χ2n) is 4.03. The molecule has 0 aliphatic rings. The first kappa shape index (κ1) is 13.8. The lowest BCUT2D eigenvalue weighted by atomic mass is 10.2. The van der Waals surface area contributed by atoms with Gasteiger partial charge >= 0.3 is 0 Å². The van der Waals surface area contributed by atoms with E-state index in [0.29, 0.717) is 11.6 Å². The van der Waals surface area contributed by atoms with Crippen molar-refractivity contribution in [3.05, 3.63) is 57.8 Å². The van der Waals surface area contributed by atoms with E-state index >= 15 is 0 Å². The van der Waals surface area contributed by atoms with Gasteiger partial charge in [0.2, 0.25) is 0 Å². The Balaban J connectivity index is 2.09. The Bertz CT molecular complexity index is 587. The third kappa shape index (κ3) is 3.66. The fraction of sp³-hybridized carbons (Fsp3) is 0.154. The summed E-state index contributed by atoms with van der Waals surface area (Å²) >= 11 is 11.5. The number of rotatable bonds is 3. The zero-order valence-electron chi connectivity index (χ0n) is 10.2. The van der Waals surface area contributed by atoms with Crippen LogP contribution in [-0.2, 0) is 6.54 Å². The lowest BCUT2D eigenvalue weighted by molar-refractivity contribution is 0.0778. The molecule has 19 heavy (non-hydrogen) atoms. The maximum atomic E-state index is 12.1. The molecule has 0 saturated carbocycles. The Hall–Kier alpha value is -1.65. The molecule has 6 heteroatoms. The number of carbonyl (C=O) groups is 1. The molecule has 0 aliphatic carbocycles. The number of carbonyl (C=O) groups excluding carboxylic acids is 1. The van der Waals surface area contributed by atoms with Crippen LogP contribution >= 0.6 is 23.2 Å². The summed E-state index contributed by atoms with van der Waals surface area (Å²) in [4.78, 5) is 13.6. The molecule has 1 aromatic heterocycles. The highest BCUT2D eigenvalue weighted by Crippen LogP contribution is 2.13. The van der Waals surface area contributed by atoms with Gasteiger partial charge in [-0.3, -0.25) is 4.79 Å². The average Bonchev–Trinajstić information content (AvgIpc) is 2.39. The zero-order chi connectivity index (χ0) is 13.8. The number of aromatic nitrogens is 2. The highest BCUT2D eigenvalue weighted by Gasteiger charge is 2.14. The number of hydrogen-bond donors (Lipinski definition) is 0. The van der Waals surface area contributed by atoms with E-state index in [2.05, 4.69) is 10.2 Å². The van der Waals surface area contributed by atoms with Crippen molar-refractivity contribution >= 4 is 29.1 Å². The van der Waals surface area contributed by atoms with Crippen molar-refractivity contribution in [2.45, 2.75) is 6.54 Å². The fourth-order valence-corrected chi connectivity index (χ4v) is 1.92. The molecular weight excluding hydrogens is 285 g/mol. The molecular formula is C13H11Cl2N3O. The Kier molecular flexibility index (Phi) is 4.35. The van der Waals surface area contributed by atoms with Crippen molar-refractivity contribution in [3.63, 3.8) is 0 Å². The highest BCUT2D eigenvalue weighted by atomic mass is 35.5. The van der Waals surface area contributed by atoms with Crippen molar-refractivity contribution in [2.24, 2.45) is 0 Å². The lowest BCUT2D eigenvalue weighted by Crippen LogP contribution is -2.27. The molecule has 0 aliphatic heterocycles. The Morgan fingerprint density at radius 2 is 2.00 bits per heavy atom. The standard InChI is InChI=1S/C13H11Cl2N3O/c1-18(8-9-3-2-4-10(14)7-9)13(19)11-5-6-12(15)17-16-11/h2-7H,8H2,1H3. The van der Waals surface area contributed by atoms with E-state index in [9.17, 15) is 4.79 Å². The van der Waals surface area contributed by atoms with Crippen LogP contribution in [0.3, 0.4) is 0 Å². The summed E-state index contributed by atoms with van der Waals surface area (Å²) in [7, 11) is 1.69. The van der Waals surface area contributed by atoms with E-state index < -0.39 is 0 Å². The van der Waals surface area contributed by atoms with Crippen molar-refractivity contribution in [3.8, 4) is 0 Å². The molecule has 4 nitrogen and oxygen atoms in total. The van der Waals surface area contributed by atoms with E-state index in [4.69, 9.17) is 23.2 Å². The molecule has 1 aromatic carbocycles. The largest absolute Gasteiger partial charge is 0.336 e. The molecule has 98 valence electrons. The molecule has 1 amide bonds. The van der Waals surface area contributed by atoms with E-state index in [-0.39, 0.29) is 16.8 Å². The molecule has 0 fully saturated rings. The number of hydrogen-bond acceptors (Lipinski definition) is 3. The first-order valence-electron chi connectivity index (χ1n) is 5.55. The first-order valence-corrected chi connectivity index (χ1v) is 6.31. The molecule has 1 heterocycles. The maximum Gasteiger partial charge on any atom is 0.274 e. The van der Waals surface area contributed by atoms with Gasteiger partial charge in [-0.05, 0) is 29.8 Å². The third-order valence-electron chi connectivity index (χ3n) is 2.51. The summed E-state index contributed by atoms with van der Waals surface area (Å²) in [5.74, 6) is -0.218. The fourth-order valence-electron chi connectivity index (χ4n) is 1.61. The van der Waals surface area contributed by atoms with Crippen LogP contribution in [-0.4, -0.2) is 28.1 Å². The minimum Gasteiger partial charge on any atom is -0.336 e. The van der Waals surface area contributed by atoms with Crippen LogP contribution in [0.15, 0.2) is 36.4 Å². The van der Waals surface area contributed by atoms with Crippen LogP contribution in [0.4, 0.5) is 0 Å². The topological polar surface area (TPSA) is 46.1 Å². The number of nitrogens with zero attached hydrogens (tertiary/aromatic N) is 3. The summed E-state index contributed by atoms with van der Waals surface area (Å²) in [5.41, 5.74) is 1.21. The van der Waals surface area contributed by atoms with E-state index in [0.717, 1.165) is 5.56 Å². The highest BCUT2D eigenvalue weighted by molar-refractivity contribution is 6.30. The molecule has 0 radical (unpaired) electrons. The van der Waals surface area contributed by atoms with Crippen molar-refractivity contribution < 1.29 is 4.79 Å². The molecule has 2 rings (SSSR count). The molecule has 0 atom stereocenters. The van der Waals surface area contributed by atoms with Gasteiger partial charge in [0.1, 0.15) is 0 Å². The van der Waals surface area contributed by atoms with Gasteiger partial charge in [0.05, 0.1) is 0 Å². The molecule has 2 aromatic rings. The number of benzene rings is 1. The van der Waals surface area contributed by atoms with Gasteiger partial charge in [-0.15, -0.1) is 10.2 Å². The lowest BCUT2D eigenvalue weighted by Gasteiger charge is -2.16. The molecule has 0 unspecified atom stereocenters. The second kappa shape index (κ2) is 5.99. The van der Waals surface area contributed by atoms with Crippen molar-refractivity contribution in [2.75, 3.05) is 7.05 Å². The van der Waals surface area contributed by atoms with Gasteiger partial charge in [-0.2, -0.15) is 0 Å². The van der Waals surface area contributed by atoms with Crippen LogP contribution in [0, 0.1) is 0 Å². The Morgan fingerprint density at radius 1 is 1.21 bits per heavy atom. The summed E-state index contributed by atoms with van der Waals surface area (Å²) < 4.78 is 0. The van der Waals surface area contributed by atoms with Gasteiger partial charge in [0.25, 0.3) is 5.91 Å². The minimum atomic E-state index is -0.218. The Morgan fingerprint density at radius 3 is 2.63 bits per heavy atom. The van der Waals surface area contributed by atoms with Gasteiger partial charge in [0.15, 0.2) is 10.8 Å². The van der Waals surface area contributed by atoms with Crippen molar-refractivity contribution in [1.82, 2.24) is 15.1 Å². The summed E-state index contributed by atoms with van der Waals surface area (Å²) in [6.45, 7) is 0.448. The molecule has 0 N–H and O–H groups in total. The Labute approximate surface area is 121 Å². The van der Waals surface area contributed by atoms with Crippen LogP contribution < -0.4 is 0 Å². The SMILES string of the molecule is CN(Cc1cccc(Cl)c1)C(=O)c1ccc(Cl)nn1. The predicted octanol–water partition coefficient (Wildman–Crippen LogP) is 3.06. The van der Waals surface area contributed by atoms with E-state index in [1.54, 1.807) is 24.1 Å². The number of amides is 1. The van der Waals surface area contributed by atoms with Gasteiger partial charge in [-0.25, -0.2) is 0 Å². The monoisotopic (exact) mass is 295 g/mol. The molecule has 0 spiro atoms. The van der Waals surface area contributed by atoms with E-state index in [1.165, 1.54) is 6.07 Å². The van der Waals surface area contributed by atoms with E-state index in [1.807, 2.05) is 18.2 Å². The summed E-state index contributed by atoms with van der Waals surface area (Å²) in [6, 6.07) is 10.4. The van der Waals surface area contributed by atoms with Crippen LogP contribution in [0.5, 0.6) is 0 Å². The normalized spacial score (nSPS) is 10.3. The van der Waals surface area contributed by atoms with Crippen LogP contribution in [0.2, 0.25) is 10.2 Å². The quantitative estimate of drug-likeness (QED) is 0.874. The summed E-state index contributed by atoms with van der Waals surface area (Å²) in [6.07, 6.45) is 0. The predicted molar refractivity (Wildman–Crippen MR) is 74.3 cm³/mol. The summed E-state index contributed by atoms with van der Waals surface area (Å²) in [5, 5.41) is 8.31. The smallest absolute Gasteiger partial charge is 0.274 e. The molecule has 0 bridgehead atoms. The molecule has 0 saturated heterocycles. The third-order valence-corrected chi connectivity index (χ3v) is 2.94. The van der Waals surface area contributed by atoms with Crippen LogP contribution in [0.25, 0.3) is 0 Å². The van der Waals surface area contributed by atoms with Crippen molar-refractivity contribution in [1.29, 1.82) is 0 Å². The zero-order valence-corrected chi connectivity index (χ0v) is 11.7.